The highest BCUT2D eigenvalue weighted by Gasteiger charge is 1.96. The standard InChI is InChI=1S/C11H7FN/c12-10-6-4-9(5-7-10)11-3-1-2-8-13-11/h2-8H. The summed E-state index contributed by atoms with van der Waals surface area (Å²) in [5.41, 5.74) is 1.71. The minimum absolute atomic E-state index is 0.233. The van der Waals surface area contributed by atoms with Crippen LogP contribution in [0.25, 0.3) is 11.3 Å². The Morgan fingerprint density at radius 1 is 1.15 bits per heavy atom. The van der Waals surface area contributed by atoms with Crippen LogP contribution >= 0.6 is 0 Å². The van der Waals surface area contributed by atoms with Crippen molar-refractivity contribution in [2.24, 2.45) is 0 Å². The van der Waals surface area contributed by atoms with Crippen LogP contribution in [0.15, 0.2) is 42.6 Å². The average Bonchev–Trinajstić information content (AvgIpc) is 2.20. The van der Waals surface area contributed by atoms with Crippen molar-refractivity contribution >= 4 is 0 Å². The molecule has 2 aromatic rings. The van der Waals surface area contributed by atoms with Crippen LogP contribution in [0.2, 0.25) is 0 Å². The number of pyridine rings is 1. The van der Waals surface area contributed by atoms with Crippen molar-refractivity contribution in [1.29, 1.82) is 0 Å². The van der Waals surface area contributed by atoms with Crippen LogP contribution in [0.3, 0.4) is 0 Å². The Hall–Kier alpha value is -1.70. The number of halogens is 1. The highest BCUT2D eigenvalue weighted by molar-refractivity contribution is 5.58. The van der Waals surface area contributed by atoms with Gasteiger partial charge in [0, 0.05) is 11.8 Å². The molecule has 0 aliphatic carbocycles. The minimum Gasteiger partial charge on any atom is -0.256 e. The second kappa shape index (κ2) is 3.35. The summed E-state index contributed by atoms with van der Waals surface area (Å²) in [5, 5.41) is 0. The molecule has 63 valence electrons. The first-order valence-corrected chi connectivity index (χ1v) is 3.94. The van der Waals surface area contributed by atoms with E-state index in [0.29, 0.717) is 0 Å². The Morgan fingerprint density at radius 3 is 2.54 bits per heavy atom. The summed E-state index contributed by atoms with van der Waals surface area (Å²) in [7, 11) is 0. The van der Waals surface area contributed by atoms with Crippen LogP contribution in [-0.2, 0) is 0 Å². The lowest BCUT2D eigenvalue weighted by Gasteiger charge is -1.98. The predicted molar refractivity (Wildman–Crippen MR) is 48.5 cm³/mol. The van der Waals surface area contributed by atoms with E-state index in [0.717, 1.165) is 11.3 Å². The van der Waals surface area contributed by atoms with Gasteiger partial charge in [-0.2, -0.15) is 0 Å². The molecule has 0 fully saturated rings. The predicted octanol–water partition coefficient (Wildman–Crippen LogP) is 2.69. The summed E-state index contributed by atoms with van der Waals surface area (Å²) < 4.78 is 12.6. The fraction of sp³-hybridized carbons (Fsp3) is 0. The summed E-state index contributed by atoms with van der Waals surface area (Å²) >= 11 is 0. The largest absolute Gasteiger partial charge is 0.256 e. The molecule has 1 nitrogen and oxygen atoms in total. The molecule has 0 amide bonds. The van der Waals surface area contributed by atoms with Crippen molar-refractivity contribution in [2.45, 2.75) is 0 Å². The molecule has 0 N–H and O–H groups in total. The van der Waals surface area contributed by atoms with Gasteiger partial charge < -0.3 is 0 Å². The van der Waals surface area contributed by atoms with Gasteiger partial charge in [0.05, 0.1) is 5.69 Å². The topological polar surface area (TPSA) is 12.9 Å². The van der Waals surface area contributed by atoms with Gasteiger partial charge in [-0.3, -0.25) is 4.98 Å². The molecule has 0 saturated carbocycles. The molecule has 0 bridgehead atoms. The average molecular weight is 172 g/mol. The quantitative estimate of drug-likeness (QED) is 0.644. The molecular weight excluding hydrogens is 165 g/mol. The van der Waals surface area contributed by atoms with Crippen molar-refractivity contribution < 1.29 is 4.39 Å². The van der Waals surface area contributed by atoms with Crippen molar-refractivity contribution in [1.82, 2.24) is 4.98 Å². The zero-order valence-electron chi connectivity index (χ0n) is 6.87. The number of nitrogens with zero attached hydrogens (tertiary/aromatic N) is 1. The monoisotopic (exact) mass is 172 g/mol. The lowest BCUT2D eigenvalue weighted by molar-refractivity contribution is 0.628. The Balaban J connectivity index is 2.42. The molecule has 0 spiro atoms. The third kappa shape index (κ3) is 1.72. The fourth-order valence-electron chi connectivity index (χ4n) is 1.10. The van der Waals surface area contributed by atoms with Gasteiger partial charge in [-0.1, -0.05) is 0 Å². The maximum Gasteiger partial charge on any atom is 0.123 e. The van der Waals surface area contributed by atoms with E-state index < -0.39 is 0 Å². The van der Waals surface area contributed by atoms with Crippen molar-refractivity contribution in [2.75, 3.05) is 0 Å². The van der Waals surface area contributed by atoms with Gasteiger partial charge in [0.1, 0.15) is 5.82 Å². The van der Waals surface area contributed by atoms with Gasteiger partial charge in [-0.25, -0.2) is 4.39 Å². The van der Waals surface area contributed by atoms with Crippen LogP contribution in [0.4, 0.5) is 4.39 Å². The second-order valence-electron chi connectivity index (χ2n) is 2.65. The molecule has 2 rings (SSSR count). The van der Waals surface area contributed by atoms with E-state index in [4.69, 9.17) is 0 Å². The summed E-state index contributed by atoms with van der Waals surface area (Å²) in [6.45, 7) is 0. The van der Waals surface area contributed by atoms with Crippen LogP contribution in [-0.4, -0.2) is 4.98 Å². The van der Waals surface area contributed by atoms with E-state index in [1.165, 1.54) is 12.1 Å². The molecule has 2 heteroatoms. The van der Waals surface area contributed by atoms with Gasteiger partial charge in [-0.05, 0) is 42.5 Å². The highest BCUT2D eigenvalue weighted by Crippen LogP contribution is 2.15. The number of hydrogen-bond acceptors (Lipinski definition) is 1. The van der Waals surface area contributed by atoms with E-state index in [1.54, 1.807) is 30.5 Å². The smallest absolute Gasteiger partial charge is 0.123 e. The first-order chi connectivity index (χ1) is 6.36. The molecule has 13 heavy (non-hydrogen) atoms. The van der Waals surface area contributed by atoms with E-state index >= 15 is 0 Å². The molecule has 1 aromatic carbocycles. The van der Waals surface area contributed by atoms with Gasteiger partial charge in [0.2, 0.25) is 0 Å². The van der Waals surface area contributed by atoms with E-state index in [9.17, 15) is 4.39 Å². The number of rotatable bonds is 1. The summed E-state index contributed by atoms with van der Waals surface area (Å²) in [5.74, 6) is -0.233. The van der Waals surface area contributed by atoms with E-state index in [1.807, 2.05) is 0 Å². The first-order valence-electron chi connectivity index (χ1n) is 3.94. The van der Waals surface area contributed by atoms with Gasteiger partial charge in [0.25, 0.3) is 0 Å². The SMILES string of the molecule is Fc1ccc(-c2c[c]ccn2)cc1. The lowest BCUT2D eigenvalue weighted by atomic mass is 10.1. The van der Waals surface area contributed by atoms with E-state index in [-0.39, 0.29) is 5.82 Å². The number of hydrogen-bond donors (Lipinski definition) is 0. The number of aromatic nitrogens is 1. The zero-order valence-corrected chi connectivity index (χ0v) is 6.87. The van der Waals surface area contributed by atoms with E-state index in [2.05, 4.69) is 11.1 Å². The Labute approximate surface area is 75.9 Å². The third-order valence-electron chi connectivity index (χ3n) is 1.74. The number of benzene rings is 1. The molecule has 0 aliphatic heterocycles. The summed E-state index contributed by atoms with van der Waals surface area (Å²) in [6.07, 6.45) is 1.67. The molecule has 0 saturated heterocycles. The summed E-state index contributed by atoms with van der Waals surface area (Å²) in [4.78, 5) is 4.12. The van der Waals surface area contributed by atoms with Crippen molar-refractivity contribution in [3.05, 3.63) is 54.5 Å². The maximum absolute atomic E-state index is 12.6. The normalized spacial score (nSPS) is 9.92. The van der Waals surface area contributed by atoms with Crippen LogP contribution in [0, 0.1) is 11.9 Å². The molecular formula is C11H7FN. The summed E-state index contributed by atoms with van der Waals surface area (Å²) in [6, 6.07) is 12.7. The van der Waals surface area contributed by atoms with Crippen molar-refractivity contribution in [3.63, 3.8) is 0 Å². The van der Waals surface area contributed by atoms with Gasteiger partial charge >= 0.3 is 0 Å². The molecule has 1 radical (unpaired) electrons. The fourth-order valence-corrected chi connectivity index (χ4v) is 1.10. The van der Waals surface area contributed by atoms with Crippen molar-refractivity contribution in [3.8, 4) is 11.3 Å². The Morgan fingerprint density at radius 2 is 1.92 bits per heavy atom. The molecule has 0 atom stereocenters. The van der Waals surface area contributed by atoms with Gasteiger partial charge in [0.15, 0.2) is 0 Å². The molecule has 1 heterocycles. The van der Waals surface area contributed by atoms with Crippen LogP contribution < -0.4 is 0 Å². The Bertz CT molecular complexity index is 381. The highest BCUT2D eigenvalue weighted by atomic mass is 19.1. The lowest BCUT2D eigenvalue weighted by Crippen LogP contribution is -1.81. The van der Waals surface area contributed by atoms with Crippen LogP contribution in [0.5, 0.6) is 0 Å². The maximum atomic E-state index is 12.6. The zero-order chi connectivity index (χ0) is 9.10. The second-order valence-corrected chi connectivity index (χ2v) is 2.65. The minimum atomic E-state index is -0.233. The first kappa shape index (κ1) is 7.92. The van der Waals surface area contributed by atoms with Crippen LogP contribution in [0.1, 0.15) is 0 Å². The molecule has 0 aliphatic rings. The van der Waals surface area contributed by atoms with Gasteiger partial charge in [-0.15, -0.1) is 0 Å². The Kier molecular flexibility index (Phi) is 2.04. The third-order valence-corrected chi connectivity index (χ3v) is 1.74. The molecule has 0 unspecified atom stereocenters. The molecule has 1 aromatic heterocycles.